The van der Waals surface area contributed by atoms with Crippen LogP contribution in [0, 0.1) is 11.3 Å². The summed E-state index contributed by atoms with van der Waals surface area (Å²) in [5.74, 6) is 0. The number of benzene rings is 2. The van der Waals surface area contributed by atoms with E-state index >= 15 is 0 Å². The zero-order chi connectivity index (χ0) is 13.8. The fraction of sp³-hybridized carbons (Fsp3) is 0. The predicted molar refractivity (Wildman–Crippen MR) is 84.5 cm³/mol. The molecule has 0 fully saturated rings. The van der Waals surface area contributed by atoms with Crippen LogP contribution in [0.2, 0.25) is 0 Å². The molecular weight excluding hydrogens is 261 g/mol. The van der Waals surface area contributed by atoms with E-state index in [0.29, 0.717) is 5.56 Å². The average Bonchev–Trinajstić information content (AvgIpc) is 2.56. The van der Waals surface area contributed by atoms with Crippen LogP contribution < -0.4 is 0 Å². The Labute approximate surface area is 120 Å². The number of hydrogen-bond acceptors (Lipinski definition) is 1. The summed E-state index contributed by atoms with van der Waals surface area (Å²) in [6.45, 7) is 0. The minimum Gasteiger partial charge on any atom is -0.192 e. The largest absolute Gasteiger partial charge is 0.192 e. The van der Waals surface area contributed by atoms with Gasteiger partial charge in [0.05, 0.1) is 11.6 Å². The third-order valence-corrected chi connectivity index (χ3v) is 4.35. The molecule has 0 spiro atoms. The van der Waals surface area contributed by atoms with Crippen LogP contribution in [0.5, 0.6) is 0 Å². The van der Waals surface area contributed by atoms with E-state index in [0.717, 1.165) is 8.19 Å². The molecule has 0 amide bonds. The normalized spacial score (nSPS) is 9.95. The van der Waals surface area contributed by atoms with E-state index in [2.05, 4.69) is 30.3 Å². The first-order valence-electron chi connectivity index (χ1n) is 6.40. The van der Waals surface area contributed by atoms with Crippen LogP contribution in [-0.4, -0.2) is 0 Å². The van der Waals surface area contributed by atoms with Gasteiger partial charge in [-0.1, -0.05) is 68.9 Å². The van der Waals surface area contributed by atoms with E-state index < -0.39 is 0 Å². The lowest BCUT2D eigenvalue weighted by Crippen LogP contribution is -1.80. The Morgan fingerprint density at radius 2 is 1.15 bits per heavy atom. The second-order valence-electron chi connectivity index (χ2n) is 4.47. The maximum atomic E-state index is 9.24. The van der Waals surface area contributed by atoms with Gasteiger partial charge in [-0.2, -0.15) is 5.26 Å². The third-order valence-electron chi connectivity index (χ3n) is 3.09. The zero-order valence-corrected chi connectivity index (χ0v) is 11.7. The topological polar surface area (TPSA) is 23.8 Å². The molecule has 2 aromatic carbocycles. The summed E-state index contributed by atoms with van der Waals surface area (Å²) < 4.78 is 0. The molecule has 0 aliphatic rings. The van der Waals surface area contributed by atoms with Crippen molar-refractivity contribution in [1.82, 2.24) is 0 Å². The Morgan fingerprint density at radius 1 is 0.700 bits per heavy atom. The molecule has 0 bridgehead atoms. The van der Waals surface area contributed by atoms with Crippen LogP contribution in [-0.2, 0) is 0 Å². The monoisotopic (exact) mass is 273 g/mol. The smallest absolute Gasteiger partial charge is 0.0992 e. The van der Waals surface area contributed by atoms with Gasteiger partial charge in [-0.25, -0.2) is 0 Å². The summed E-state index contributed by atoms with van der Waals surface area (Å²) in [5, 5.41) is 11.6. The second-order valence-corrected chi connectivity index (χ2v) is 5.66. The van der Waals surface area contributed by atoms with Crippen molar-refractivity contribution in [1.29, 1.82) is 5.26 Å². The third kappa shape index (κ3) is 2.62. The number of hydrogen-bond donors (Lipinski definition) is 0. The molecule has 1 aromatic heterocycles. The summed E-state index contributed by atoms with van der Waals surface area (Å²) in [6.07, 6.45) is 0. The van der Waals surface area contributed by atoms with Gasteiger partial charge in [0.15, 0.2) is 0 Å². The maximum Gasteiger partial charge on any atom is 0.0992 e. The highest BCUT2D eigenvalue weighted by Gasteiger charge is 2.05. The van der Waals surface area contributed by atoms with E-state index in [4.69, 9.17) is 0 Å². The maximum absolute atomic E-state index is 9.24. The highest BCUT2D eigenvalue weighted by molar-refractivity contribution is 7.37. The average molecular weight is 273 g/mol. The molecule has 0 saturated heterocycles. The molecule has 0 aliphatic heterocycles. The van der Waals surface area contributed by atoms with Crippen molar-refractivity contribution in [3.63, 3.8) is 0 Å². The van der Waals surface area contributed by atoms with Gasteiger partial charge in [-0.3, -0.25) is 0 Å². The van der Waals surface area contributed by atoms with Gasteiger partial charge in [0, 0.05) is 10.6 Å². The Balaban J connectivity index is 2.16. The summed E-state index contributed by atoms with van der Waals surface area (Å²) in [4.78, 5) is 0. The highest BCUT2D eigenvalue weighted by Crippen LogP contribution is 2.37. The summed E-state index contributed by atoms with van der Waals surface area (Å²) in [6, 6.07) is 26.7. The first-order valence-corrected chi connectivity index (χ1v) is 7.29. The van der Waals surface area contributed by atoms with Crippen molar-refractivity contribution in [3.8, 4) is 27.8 Å². The Morgan fingerprint density at radius 3 is 1.55 bits per heavy atom. The number of nitrogens with zero attached hydrogens (tertiary/aromatic N) is 1. The van der Waals surface area contributed by atoms with E-state index in [-0.39, 0.29) is 0 Å². The lowest BCUT2D eigenvalue weighted by molar-refractivity contribution is 1.49. The fourth-order valence-electron chi connectivity index (χ4n) is 2.11. The molecule has 3 aromatic rings. The van der Waals surface area contributed by atoms with Crippen molar-refractivity contribution < 1.29 is 0 Å². The van der Waals surface area contributed by atoms with Gasteiger partial charge in [0.2, 0.25) is 0 Å². The van der Waals surface area contributed by atoms with E-state index in [1.165, 1.54) is 21.7 Å². The van der Waals surface area contributed by atoms with Gasteiger partial charge in [-0.15, -0.1) is 0 Å². The van der Waals surface area contributed by atoms with Crippen molar-refractivity contribution in [2.24, 2.45) is 0 Å². The van der Waals surface area contributed by atoms with Gasteiger partial charge >= 0.3 is 0 Å². The highest BCUT2D eigenvalue weighted by atomic mass is 31.0. The van der Waals surface area contributed by atoms with Crippen LogP contribution in [0.15, 0.2) is 72.8 Å². The lowest BCUT2D eigenvalue weighted by Gasteiger charge is -2.06. The summed E-state index contributed by atoms with van der Waals surface area (Å²) >= 11 is 0. The predicted octanol–water partition coefficient (Wildman–Crippen LogP) is 5.47. The SMILES string of the molecule is N#Cc1cc(-c2ccccc2)pc(-c2ccccc2)c1. The molecule has 94 valence electrons. The molecule has 1 heterocycles. The van der Waals surface area contributed by atoms with Crippen LogP contribution >= 0.6 is 8.19 Å². The molecule has 20 heavy (non-hydrogen) atoms. The molecular formula is C18H12NP. The lowest BCUT2D eigenvalue weighted by atomic mass is 10.1. The molecule has 3 rings (SSSR count). The molecule has 0 atom stereocenters. The van der Waals surface area contributed by atoms with Gasteiger partial charge in [-0.05, 0) is 23.3 Å². The minimum atomic E-state index is 0.710. The van der Waals surface area contributed by atoms with Crippen LogP contribution in [0.3, 0.4) is 0 Å². The first kappa shape index (κ1) is 12.6. The molecule has 2 heteroatoms. The van der Waals surface area contributed by atoms with Crippen LogP contribution in [0.1, 0.15) is 5.56 Å². The van der Waals surface area contributed by atoms with Crippen molar-refractivity contribution in [3.05, 3.63) is 78.4 Å². The van der Waals surface area contributed by atoms with Gasteiger partial charge in [0.25, 0.3) is 0 Å². The molecule has 0 N–H and O–H groups in total. The van der Waals surface area contributed by atoms with E-state index in [1.807, 2.05) is 48.5 Å². The van der Waals surface area contributed by atoms with Gasteiger partial charge < -0.3 is 0 Å². The summed E-state index contributed by atoms with van der Waals surface area (Å²) in [7, 11) is 1.14. The minimum absolute atomic E-state index is 0.710. The quantitative estimate of drug-likeness (QED) is 0.607. The van der Waals surface area contributed by atoms with Crippen molar-refractivity contribution in [2.45, 2.75) is 0 Å². The summed E-state index contributed by atoms with van der Waals surface area (Å²) in [5.41, 5.74) is 3.05. The zero-order valence-electron chi connectivity index (χ0n) is 10.8. The number of rotatable bonds is 2. The Bertz CT molecular complexity index is 701. The Kier molecular flexibility index (Phi) is 3.59. The fourth-order valence-corrected chi connectivity index (χ4v) is 3.33. The Hall–Kier alpha value is -2.42. The first-order chi connectivity index (χ1) is 9.86. The van der Waals surface area contributed by atoms with Crippen molar-refractivity contribution >= 4 is 8.19 Å². The molecule has 1 nitrogen and oxygen atoms in total. The molecule has 0 radical (unpaired) electrons. The van der Waals surface area contributed by atoms with E-state index in [9.17, 15) is 5.26 Å². The second kappa shape index (κ2) is 5.70. The van der Waals surface area contributed by atoms with Gasteiger partial charge in [0.1, 0.15) is 0 Å². The van der Waals surface area contributed by atoms with Crippen LogP contribution in [0.4, 0.5) is 0 Å². The van der Waals surface area contributed by atoms with Crippen molar-refractivity contribution in [2.75, 3.05) is 0 Å². The molecule has 0 saturated carbocycles. The van der Waals surface area contributed by atoms with E-state index in [1.54, 1.807) is 0 Å². The van der Waals surface area contributed by atoms with Crippen LogP contribution in [0.25, 0.3) is 21.7 Å². The standard InChI is InChI=1S/C18H12NP/c19-13-14-11-17(15-7-3-1-4-8-15)20-18(12-14)16-9-5-2-6-10-16/h1-12H. The number of nitriles is 1. The molecule has 0 aliphatic carbocycles. The molecule has 0 unspecified atom stereocenters.